The molecule has 6 nitrogen and oxygen atoms in total. The number of ketones is 1. The Labute approximate surface area is 179 Å². The number of thiazole rings is 1. The van der Waals surface area contributed by atoms with E-state index in [1.165, 1.54) is 0 Å². The van der Waals surface area contributed by atoms with Gasteiger partial charge in [-0.1, -0.05) is 30.3 Å². The first-order valence-corrected chi connectivity index (χ1v) is 11.1. The second kappa shape index (κ2) is 7.65. The van der Waals surface area contributed by atoms with Gasteiger partial charge in [-0.2, -0.15) is 5.10 Å². The molecule has 0 fully saturated rings. The summed E-state index contributed by atoms with van der Waals surface area (Å²) in [5.74, 6) is 1.49. The first-order valence-electron chi connectivity index (χ1n) is 10.2. The third-order valence-corrected chi connectivity index (χ3v) is 6.70. The summed E-state index contributed by atoms with van der Waals surface area (Å²) in [6.45, 7) is 2.86. The number of carbonyl (C=O) groups is 1. The molecule has 3 aromatic heterocycles. The van der Waals surface area contributed by atoms with Gasteiger partial charge in [0.1, 0.15) is 16.5 Å². The minimum absolute atomic E-state index is 0.131. The van der Waals surface area contributed by atoms with Gasteiger partial charge in [-0.05, 0) is 19.3 Å². The number of imidazole rings is 1. The fraction of sp³-hybridized carbons (Fsp3) is 0.304. The van der Waals surface area contributed by atoms with Gasteiger partial charge in [0.05, 0.1) is 17.5 Å². The Bertz CT molecular complexity index is 1200. The molecule has 0 aliphatic carbocycles. The largest absolute Gasteiger partial charge is 0.334 e. The number of rotatable bonds is 5. The number of aromatic nitrogens is 5. The molecule has 1 aliphatic rings. The molecule has 1 aliphatic heterocycles. The van der Waals surface area contributed by atoms with Crippen LogP contribution in [0.5, 0.6) is 0 Å². The maximum atomic E-state index is 13.2. The van der Waals surface area contributed by atoms with E-state index in [2.05, 4.69) is 33.0 Å². The summed E-state index contributed by atoms with van der Waals surface area (Å²) in [5.41, 5.74) is 4.59. The lowest BCUT2D eigenvalue weighted by atomic mass is 9.91. The Kier molecular flexibility index (Phi) is 4.83. The zero-order valence-electron chi connectivity index (χ0n) is 17.1. The molecule has 0 saturated heterocycles. The average Bonchev–Trinajstić information content (AvgIpc) is 3.46. The Hall–Kier alpha value is -3.06. The topological polar surface area (TPSA) is 65.6 Å². The number of nitrogens with zero attached hydrogens (tertiary/aromatic N) is 5. The van der Waals surface area contributed by atoms with Crippen LogP contribution in [-0.2, 0) is 20.0 Å². The van der Waals surface area contributed by atoms with Crippen LogP contribution in [0.25, 0.3) is 21.8 Å². The third kappa shape index (κ3) is 3.50. The van der Waals surface area contributed by atoms with Crippen LogP contribution in [0.1, 0.15) is 34.8 Å². The van der Waals surface area contributed by atoms with E-state index in [4.69, 9.17) is 4.98 Å². The van der Waals surface area contributed by atoms with Crippen molar-refractivity contribution < 1.29 is 4.79 Å². The van der Waals surface area contributed by atoms with Crippen molar-refractivity contribution in [2.24, 2.45) is 13.0 Å². The van der Waals surface area contributed by atoms with E-state index in [9.17, 15) is 4.79 Å². The molecule has 1 unspecified atom stereocenters. The third-order valence-electron chi connectivity index (χ3n) is 5.70. The van der Waals surface area contributed by atoms with E-state index in [1.807, 2.05) is 37.6 Å². The minimum Gasteiger partial charge on any atom is -0.334 e. The summed E-state index contributed by atoms with van der Waals surface area (Å²) in [6, 6.07) is 10.2. The summed E-state index contributed by atoms with van der Waals surface area (Å²) in [4.78, 5) is 22.6. The van der Waals surface area contributed by atoms with Gasteiger partial charge in [0.15, 0.2) is 5.78 Å². The van der Waals surface area contributed by atoms with Gasteiger partial charge in [0, 0.05) is 49.3 Å². The molecule has 4 heterocycles. The SMILES string of the molecule is Cc1csc(-c2cnn(C)c2C(=O)CC2CCn3cc(-c4ccccc4)nc3C2)n1. The van der Waals surface area contributed by atoms with Crippen molar-refractivity contribution in [1.29, 1.82) is 0 Å². The maximum Gasteiger partial charge on any atom is 0.181 e. The number of aryl methyl sites for hydroxylation is 3. The Morgan fingerprint density at radius 1 is 1.23 bits per heavy atom. The molecule has 30 heavy (non-hydrogen) atoms. The van der Waals surface area contributed by atoms with Crippen molar-refractivity contribution in [2.45, 2.75) is 32.7 Å². The molecule has 4 aromatic rings. The van der Waals surface area contributed by atoms with Crippen LogP contribution in [0.15, 0.2) is 48.1 Å². The molecular formula is C23H23N5OS. The Balaban J connectivity index is 1.34. The molecule has 0 N–H and O–H groups in total. The van der Waals surface area contributed by atoms with Gasteiger partial charge in [0.25, 0.3) is 0 Å². The molecule has 7 heteroatoms. The van der Waals surface area contributed by atoms with Gasteiger partial charge in [-0.3, -0.25) is 9.48 Å². The fourth-order valence-electron chi connectivity index (χ4n) is 4.18. The number of carbonyl (C=O) groups excluding carboxylic acids is 1. The van der Waals surface area contributed by atoms with Crippen LogP contribution in [0.4, 0.5) is 0 Å². The number of hydrogen-bond donors (Lipinski definition) is 0. The fourth-order valence-corrected chi connectivity index (χ4v) is 4.98. The summed E-state index contributed by atoms with van der Waals surface area (Å²) in [7, 11) is 1.83. The zero-order chi connectivity index (χ0) is 20.7. The Morgan fingerprint density at radius 2 is 2.07 bits per heavy atom. The van der Waals surface area contributed by atoms with Crippen molar-refractivity contribution in [2.75, 3.05) is 0 Å². The van der Waals surface area contributed by atoms with Crippen LogP contribution in [0.2, 0.25) is 0 Å². The van der Waals surface area contributed by atoms with Gasteiger partial charge in [-0.15, -0.1) is 11.3 Å². The van der Waals surface area contributed by atoms with Crippen LogP contribution >= 0.6 is 11.3 Å². The predicted molar refractivity (Wildman–Crippen MR) is 117 cm³/mol. The normalized spacial score (nSPS) is 15.9. The first-order chi connectivity index (χ1) is 14.6. The molecule has 152 valence electrons. The van der Waals surface area contributed by atoms with Crippen molar-refractivity contribution in [3.8, 4) is 21.8 Å². The number of fused-ring (bicyclic) bond motifs is 1. The van der Waals surface area contributed by atoms with Gasteiger partial charge >= 0.3 is 0 Å². The number of Topliss-reactive ketones (excluding diaryl/α,β-unsaturated/α-hetero) is 1. The molecule has 1 aromatic carbocycles. The number of benzene rings is 1. The van der Waals surface area contributed by atoms with Crippen LogP contribution in [0.3, 0.4) is 0 Å². The van der Waals surface area contributed by atoms with Gasteiger partial charge in [-0.25, -0.2) is 9.97 Å². The lowest BCUT2D eigenvalue weighted by molar-refractivity contribution is 0.0945. The van der Waals surface area contributed by atoms with Crippen molar-refractivity contribution >= 4 is 17.1 Å². The van der Waals surface area contributed by atoms with Crippen LogP contribution in [-0.4, -0.2) is 30.1 Å². The highest BCUT2D eigenvalue weighted by molar-refractivity contribution is 7.13. The highest BCUT2D eigenvalue weighted by Crippen LogP contribution is 2.31. The second-order valence-electron chi connectivity index (χ2n) is 7.91. The van der Waals surface area contributed by atoms with Gasteiger partial charge in [0.2, 0.25) is 0 Å². The van der Waals surface area contributed by atoms with Crippen molar-refractivity contribution in [3.05, 3.63) is 65.3 Å². The van der Waals surface area contributed by atoms with E-state index < -0.39 is 0 Å². The van der Waals surface area contributed by atoms with E-state index >= 15 is 0 Å². The highest BCUT2D eigenvalue weighted by atomic mass is 32.1. The lowest BCUT2D eigenvalue weighted by Gasteiger charge is -2.22. The Morgan fingerprint density at radius 3 is 2.83 bits per heavy atom. The molecule has 0 radical (unpaired) electrons. The van der Waals surface area contributed by atoms with Crippen LogP contribution < -0.4 is 0 Å². The van der Waals surface area contributed by atoms with Crippen molar-refractivity contribution in [3.63, 3.8) is 0 Å². The zero-order valence-corrected chi connectivity index (χ0v) is 17.9. The summed E-state index contributed by atoms with van der Waals surface area (Å²) >= 11 is 1.55. The molecule has 1 atom stereocenters. The molecular weight excluding hydrogens is 394 g/mol. The maximum absolute atomic E-state index is 13.2. The monoisotopic (exact) mass is 417 g/mol. The van der Waals surface area contributed by atoms with Crippen molar-refractivity contribution in [1.82, 2.24) is 24.3 Å². The quantitative estimate of drug-likeness (QED) is 0.447. The summed E-state index contributed by atoms with van der Waals surface area (Å²) in [6.07, 6.45) is 6.19. The van der Waals surface area contributed by atoms with E-state index in [1.54, 1.807) is 22.2 Å². The van der Waals surface area contributed by atoms with E-state index in [0.29, 0.717) is 12.1 Å². The number of hydrogen-bond acceptors (Lipinski definition) is 5. The highest BCUT2D eigenvalue weighted by Gasteiger charge is 2.27. The molecule has 0 amide bonds. The summed E-state index contributed by atoms with van der Waals surface area (Å²) < 4.78 is 3.92. The lowest BCUT2D eigenvalue weighted by Crippen LogP contribution is -2.22. The van der Waals surface area contributed by atoms with E-state index in [0.717, 1.165) is 52.7 Å². The molecule has 0 bridgehead atoms. The smallest absolute Gasteiger partial charge is 0.181 e. The second-order valence-corrected chi connectivity index (χ2v) is 8.77. The standard InChI is InChI=1S/C23H23N5OS/c1-15-14-30-23(25-15)18-12-24-27(2)22(18)20(29)10-16-8-9-28-13-19(26-21(28)11-16)17-6-4-3-5-7-17/h3-7,12-14,16H,8-11H2,1-2H3. The van der Waals surface area contributed by atoms with Gasteiger partial charge < -0.3 is 4.57 Å². The van der Waals surface area contributed by atoms with Crippen LogP contribution in [0, 0.1) is 12.8 Å². The average molecular weight is 418 g/mol. The van der Waals surface area contributed by atoms with E-state index in [-0.39, 0.29) is 11.7 Å². The molecule has 5 rings (SSSR count). The molecule has 0 spiro atoms. The summed E-state index contributed by atoms with van der Waals surface area (Å²) in [5, 5.41) is 7.19. The predicted octanol–water partition coefficient (Wildman–Crippen LogP) is 4.55. The minimum atomic E-state index is 0.131. The first kappa shape index (κ1) is 18.9. The molecule has 0 saturated carbocycles.